The molecule has 0 saturated carbocycles. The van der Waals surface area contributed by atoms with Crippen LogP contribution in [0.15, 0.2) is 18.2 Å². The molecule has 0 amide bonds. The summed E-state index contributed by atoms with van der Waals surface area (Å²) < 4.78 is 0. The number of benzene rings is 1. The van der Waals surface area contributed by atoms with Crippen LogP contribution in [0, 0.1) is 10.1 Å². The van der Waals surface area contributed by atoms with Crippen LogP contribution in [0.25, 0.3) is 0 Å². The van der Waals surface area contributed by atoms with Gasteiger partial charge in [0.05, 0.1) is 15.6 Å². The Kier molecular flexibility index (Phi) is 4.64. The number of hydrogen-bond donors (Lipinski definition) is 1. The van der Waals surface area contributed by atoms with Gasteiger partial charge in [0.1, 0.15) is 6.04 Å². The van der Waals surface area contributed by atoms with Gasteiger partial charge in [-0.25, -0.2) is 0 Å². The fourth-order valence-electron chi connectivity index (χ4n) is 2.37. The molecule has 1 heterocycles. The minimum atomic E-state index is -0.836. The first-order valence-corrected chi connectivity index (χ1v) is 6.93. The van der Waals surface area contributed by atoms with Crippen LogP contribution >= 0.6 is 11.6 Å². The third kappa shape index (κ3) is 3.43. The Balaban J connectivity index is 2.05. The van der Waals surface area contributed by atoms with Gasteiger partial charge in [-0.1, -0.05) is 11.6 Å². The molecule has 1 N–H and O–H groups in total. The molecular formula is C13H16ClN3O4. The summed E-state index contributed by atoms with van der Waals surface area (Å²) in [4.78, 5) is 25.1. The molecule has 2 rings (SSSR count). The number of anilines is 1. The Morgan fingerprint density at radius 2 is 2.00 bits per heavy atom. The molecule has 1 unspecified atom stereocenters. The highest BCUT2D eigenvalue weighted by Gasteiger charge is 2.26. The molecule has 0 aromatic heterocycles. The topological polar surface area (TPSA) is 86.9 Å². The lowest BCUT2D eigenvalue weighted by molar-refractivity contribution is -0.384. The maximum atomic E-state index is 11.0. The first-order chi connectivity index (χ1) is 9.90. The summed E-state index contributed by atoms with van der Waals surface area (Å²) in [5, 5.41) is 20.0. The number of carboxylic acid groups (broad SMARTS) is 1. The summed E-state index contributed by atoms with van der Waals surface area (Å²) in [6, 6.07) is 3.88. The fraction of sp³-hybridized carbons (Fsp3) is 0.462. The smallest absolute Gasteiger partial charge is 0.320 e. The van der Waals surface area contributed by atoms with E-state index in [4.69, 9.17) is 16.7 Å². The first kappa shape index (κ1) is 15.5. The van der Waals surface area contributed by atoms with Crippen molar-refractivity contribution in [2.75, 3.05) is 31.1 Å². The number of non-ortho nitro benzene ring substituents is 1. The lowest BCUT2D eigenvalue weighted by Crippen LogP contribution is -2.51. The maximum absolute atomic E-state index is 11.0. The number of hydrogen-bond acceptors (Lipinski definition) is 5. The average molecular weight is 314 g/mol. The van der Waals surface area contributed by atoms with E-state index in [9.17, 15) is 14.9 Å². The molecule has 0 radical (unpaired) electrons. The molecule has 21 heavy (non-hydrogen) atoms. The molecule has 1 fully saturated rings. The number of halogens is 1. The highest BCUT2D eigenvalue weighted by atomic mass is 35.5. The van der Waals surface area contributed by atoms with Crippen molar-refractivity contribution in [3.63, 3.8) is 0 Å². The van der Waals surface area contributed by atoms with E-state index in [1.807, 2.05) is 9.80 Å². The van der Waals surface area contributed by atoms with E-state index in [1.54, 1.807) is 13.0 Å². The van der Waals surface area contributed by atoms with Crippen LogP contribution < -0.4 is 4.90 Å². The van der Waals surface area contributed by atoms with Gasteiger partial charge in [0, 0.05) is 38.3 Å². The molecular weight excluding hydrogens is 298 g/mol. The first-order valence-electron chi connectivity index (χ1n) is 6.56. The average Bonchev–Trinajstić information content (AvgIpc) is 2.46. The lowest BCUT2D eigenvalue weighted by Gasteiger charge is -2.38. The molecule has 0 spiro atoms. The van der Waals surface area contributed by atoms with Gasteiger partial charge in [-0.15, -0.1) is 0 Å². The van der Waals surface area contributed by atoms with Crippen molar-refractivity contribution in [3.8, 4) is 0 Å². The zero-order chi connectivity index (χ0) is 15.6. The molecule has 0 bridgehead atoms. The Morgan fingerprint density at radius 1 is 1.38 bits per heavy atom. The van der Waals surface area contributed by atoms with Crippen molar-refractivity contribution in [2.45, 2.75) is 13.0 Å². The van der Waals surface area contributed by atoms with Gasteiger partial charge in [0.15, 0.2) is 0 Å². The predicted octanol–water partition coefficient (Wildman–Crippen LogP) is 1.84. The summed E-state index contributed by atoms with van der Waals surface area (Å²) >= 11 is 6.10. The van der Waals surface area contributed by atoms with E-state index in [0.717, 1.165) is 5.69 Å². The van der Waals surface area contributed by atoms with Gasteiger partial charge in [0.25, 0.3) is 5.69 Å². The third-order valence-electron chi connectivity index (χ3n) is 3.70. The number of carboxylic acids is 1. The quantitative estimate of drug-likeness (QED) is 0.674. The second kappa shape index (κ2) is 6.28. The van der Waals surface area contributed by atoms with Crippen LogP contribution in [0.1, 0.15) is 6.92 Å². The number of aliphatic carboxylic acids is 1. The number of nitro groups is 1. The van der Waals surface area contributed by atoms with Gasteiger partial charge < -0.3 is 10.0 Å². The van der Waals surface area contributed by atoms with E-state index in [-0.39, 0.29) is 5.69 Å². The van der Waals surface area contributed by atoms with Crippen molar-refractivity contribution in [2.24, 2.45) is 0 Å². The Hall–Kier alpha value is -1.86. The molecule has 1 atom stereocenters. The van der Waals surface area contributed by atoms with Crippen LogP contribution in [0.5, 0.6) is 0 Å². The van der Waals surface area contributed by atoms with E-state index >= 15 is 0 Å². The molecule has 1 aromatic rings. The second-order valence-electron chi connectivity index (χ2n) is 4.93. The molecule has 7 nitrogen and oxygen atoms in total. The fourth-order valence-corrected chi connectivity index (χ4v) is 2.67. The van der Waals surface area contributed by atoms with E-state index in [2.05, 4.69) is 0 Å². The minimum absolute atomic E-state index is 0.0399. The Labute approximate surface area is 126 Å². The lowest BCUT2D eigenvalue weighted by atomic mass is 10.2. The van der Waals surface area contributed by atoms with Crippen LogP contribution in [-0.4, -0.2) is 53.1 Å². The van der Waals surface area contributed by atoms with Crippen molar-refractivity contribution in [1.29, 1.82) is 0 Å². The van der Waals surface area contributed by atoms with Crippen molar-refractivity contribution in [1.82, 2.24) is 4.90 Å². The van der Waals surface area contributed by atoms with Gasteiger partial charge >= 0.3 is 5.97 Å². The molecule has 1 aromatic carbocycles. The zero-order valence-corrected chi connectivity index (χ0v) is 12.3. The van der Waals surface area contributed by atoms with E-state index in [1.165, 1.54) is 12.1 Å². The molecule has 1 saturated heterocycles. The van der Waals surface area contributed by atoms with Gasteiger partial charge in [-0.05, 0) is 13.0 Å². The third-order valence-corrected chi connectivity index (χ3v) is 4.00. The number of piperazine rings is 1. The molecule has 1 aliphatic rings. The largest absolute Gasteiger partial charge is 0.480 e. The summed E-state index contributed by atoms with van der Waals surface area (Å²) in [6.45, 7) is 4.16. The summed E-state index contributed by atoms with van der Waals surface area (Å²) in [7, 11) is 0. The maximum Gasteiger partial charge on any atom is 0.320 e. The Morgan fingerprint density at radius 3 is 2.48 bits per heavy atom. The van der Waals surface area contributed by atoms with Gasteiger partial charge in [0.2, 0.25) is 0 Å². The standard InChI is InChI=1S/C13H16ClN3O4/c1-9(13(18)19)15-4-6-16(7-5-15)12-3-2-10(17(20)21)8-11(12)14/h2-3,8-9H,4-7H2,1H3,(H,18,19). The van der Waals surface area contributed by atoms with Crippen LogP contribution in [-0.2, 0) is 4.79 Å². The number of rotatable bonds is 4. The molecule has 0 aliphatic carbocycles. The van der Waals surface area contributed by atoms with Crippen LogP contribution in [0.4, 0.5) is 11.4 Å². The highest BCUT2D eigenvalue weighted by molar-refractivity contribution is 6.33. The second-order valence-corrected chi connectivity index (χ2v) is 5.34. The van der Waals surface area contributed by atoms with Crippen molar-refractivity contribution in [3.05, 3.63) is 33.3 Å². The normalized spacial score (nSPS) is 17.5. The molecule has 114 valence electrons. The van der Waals surface area contributed by atoms with Crippen LogP contribution in [0.2, 0.25) is 5.02 Å². The minimum Gasteiger partial charge on any atom is -0.480 e. The zero-order valence-electron chi connectivity index (χ0n) is 11.5. The summed E-state index contributed by atoms with van der Waals surface area (Å²) in [5.41, 5.74) is 0.701. The number of nitrogens with zero attached hydrogens (tertiary/aromatic N) is 3. The molecule has 1 aliphatic heterocycles. The summed E-state index contributed by atoms with van der Waals surface area (Å²) in [5.74, 6) is -0.836. The monoisotopic (exact) mass is 313 g/mol. The van der Waals surface area contributed by atoms with Gasteiger partial charge in [-0.2, -0.15) is 0 Å². The van der Waals surface area contributed by atoms with E-state index < -0.39 is 16.9 Å². The number of nitro benzene ring substituents is 1. The van der Waals surface area contributed by atoms with E-state index in [0.29, 0.717) is 31.2 Å². The summed E-state index contributed by atoms with van der Waals surface area (Å²) in [6.07, 6.45) is 0. The van der Waals surface area contributed by atoms with Crippen molar-refractivity contribution >= 4 is 28.9 Å². The SMILES string of the molecule is CC(C(=O)O)N1CCN(c2ccc([N+](=O)[O-])cc2Cl)CC1. The predicted molar refractivity (Wildman–Crippen MR) is 79.0 cm³/mol. The van der Waals surface area contributed by atoms with Gasteiger partial charge in [-0.3, -0.25) is 19.8 Å². The van der Waals surface area contributed by atoms with Crippen LogP contribution in [0.3, 0.4) is 0 Å². The Bertz CT molecular complexity index is 558. The number of carbonyl (C=O) groups is 1. The molecule has 8 heteroatoms. The van der Waals surface area contributed by atoms with Crippen molar-refractivity contribution < 1.29 is 14.8 Å². The highest BCUT2D eigenvalue weighted by Crippen LogP contribution is 2.30.